The van der Waals surface area contributed by atoms with Gasteiger partial charge >= 0.3 is 0 Å². The molecule has 1 heterocycles. The summed E-state index contributed by atoms with van der Waals surface area (Å²) in [7, 11) is 0. The Morgan fingerprint density at radius 1 is 1.70 bits per heavy atom. The van der Waals surface area contributed by atoms with E-state index in [2.05, 4.69) is 0 Å². The molecule has 1 rings (SSSR count). The first kappa shape index (κ1) is 7.41. The third kappa shape index (κ3) is 1.64. The Morgan fingerprint density at radius 3 is 3.00 bits per heavy atom. The SMILES string of the molecule is CCSc1ccc(C=O)o1. The Kier molecular flexibility index (Phi) is 2.57. The molecule has 0 fully saturated rings. The van der Waals surface area contributed by atoms with Gasteiger partial charge in [0.25, 0.3) is 0 Å². The minimum atomic E-state index is 0.399. The maximum absolute atomic E-state index is 10.1. The van der Waals surface area contributed by atoms with Crippen LogP contribution in [0.1, 0.15) is 17.5 Å². The second-order valence-electron chi connectivity index (χ2n) is 1.71. The first-order valence-corrected chi connectivity index (χ1v) is 4.03. The molecule has 0 spiro atoms. The van der Waals surface area contributed by atoms with E-state index in [1.165, 1.54) is 0 Å². The van der Waals surface area contributed by atoms with E-state index in [0.29, 0.717) is 12.0 Å². The van der Waals surface area contributed by atoms with Crippen molar-refractivity contribution in [3.8, 4) is 0 Å². The molecule has 0 saturated heterocycles. The number of hydrogen-bond acceptors (Lipinski definition) is 3. The first-order valence-electron chi connectivity index (χ1n) is 3.04. The normalized spacial score (nSPS) is 9.70. The molecule has 0 radical (unpaired) electrons. The molecule has 2 nitrogen and oxygen atoms in total. The Balaban J connectivity index is 2.68. The van der Waals surface area contributed by atoms with E-state index >= 15 is 0 Å². The molecule has 0 unspecified atom stereocenters. The van der Waals surface area contributed by atoms with Crippen molar-refractivity contribution in [1.29, 1.82) is 0 Å². The van der Waals surface area contributed by atoms with Crippen LogP contribution in [0.4, 0.5) is 0 Å². The number of thioether (sulfide) groups is 1. The standard InChI is InChI=1S/C7H8O2S/c1-2-10-7-4-3-6(5-8)9-7/h3-5H,2H2,1H3. The maximum atomic E-state index is 10.1. The van der Waals surface area contributed by atoms with Gasteiger partial charge in [-0.05, 0) is 17.9 Å². The number of rotatable bonds is 3. The van der Waals surface area contributed by atoms with Gasteiger partial charge < -0.3 is 4.42 Å². The van der Waals surface area contributed by atoms with Crippen molar-refractivity contribution in [2.45, 2.75) is 12.0 Å². The van der Waals surface area contributed by atoms with Gasteiger partial charge in [-0.25, -0.2) is 0 Å². The smallest absolute Gasteiger partial charge is 0.185 e. The molecule has 0 N–H and O–H groups in total. The first-order chi connectivity index (χ1) is 4.86. The number of carbonyl (C=O) groups excluding carboxylic acids is 1. The fourth-order valence-electron chi connectivity index (χ4n) is 0.618. The number of furan rings is 1. The second kappa shape index (κ2) is 3.46. The molecule has 3 heteroatoms. The fourth-order valence-corrected chi connectivity index (χ4v) is 1.22. The summed E-state index contributed by atoms with van der Waals surface area (Å²) in [6.07, 6.45) is 0.708. The van der Waals surface area contributed by atoms with Crippen molar-refractivity contribution in [3.63, 3.8) is 0 Å². The highest BCUT2D eigenvalue weighted by molar-refractivity contribution is 7.99. The predicted octanol–water partition coefficient (Wildman–Crippen LogP) is 2.20. The van der Waals surface area contributed by atoms with Gasteiger partial charge in [-0.2, -0.15) is 0 Å². The summed E-state index contributed by atoms with van der Waals surface area (Å²) in [4.78, 5) is 10.1. The van der Waals surface area contributed by atoms with Crippen LogP contribution in [0.25, 0.3) is 0 Å². The van der Waals surface area contributed by atoms with Gasteiger partial charge in [0.1, 0.15) is 0 Å². The van der Waals surface area contributed by atoms with Crippen LogP contribution in [0.3, 0.4) is 0 Å². The van der Waals surface area contributed by atoms with Crippen LogP contribution in [0.2, 0.25) is 0 Å². The largest absolute Gasteiger partial charge is 0.447 e. The van der Waals surface area contributed by atoms with Crippen LogP contribution in [-0.4, -0.2) is 12.0 Å². The van der Waals surface area contributed by atoms with Gasteiger partial charge in [0, 0.05) is 0 Å². The Hall–Kier alpha value is -0.700. The molecule has 0 bridgehead atoms. The topological polar surface area (TPSA) is 30.2 Å². The molecule has 1 aromatic heterocycles. The van der Waals surface area contributed by atoms with E-state index in [0.717, 1.165) is 10.8 Å². The highest BCUT2D eigenvalue weighted by atomic mass is 32.2. The van der Waals surface area contributed by atoms with Crippen molar-refractivity contribution >= 4 is 18.0 Å². The molecular weight excluding hydrogens is 148 g/mol. The van der Waals surface area contributed by atoms with Crippen molar-refractivity contribution < 1.29 is 9.21 Å². The number of carbonyl (C=O) groups is 1. The summed E-state index contributed by atoms with van der Waals surface area (Å²) in [5.41, 5.74) is 0. The Labute approximate surface area is 63.6 Å². The Morgan fingerprint density at radius 2 is 2.50 bits per heavy atom. The summed E-state index contributed by atoms with van der Waals surface area (Å²) in [6, 6.07) is 3.48. The Bertz CT molecular complexity index is 217. The van der Waals surface area contributed by atoms with Crippen molar-refractivity contribution in [3.05, 3.63) is 17.9 Å². The van der Waals surface area contributed by atoms with Crippen LogP contribution in [0.5, 0.6) is 0 Å². The molecular formula is C7H8O2S. The van der Waals surface area contributed by atoms with E-state index in [1.54, 1.807) is 23.9 Å². The van der Waals surface area contributed by atoms with E-state index < -0.39 is 0 Å². The third-order valence-corrected chi connectivity index (χ3v) is 1.80. The minimum absolute atomic E-state index is 0.399. The highest BCUT2D eigenvalue weighted by Gasteiger charge is 1.98. The van der Waals surface area contributed by atoms with Crippen molar-refractivity contribution in [1.82, 2.24) is 0 Å². The molecule has 10 heavy (non-hydrogen) atoms. The molecule has 0 aliphatic heterocycles. The molecule has 0 aromatic carbocycles. The molecule has 0 aliphatic carbocycles. The lowest BCUT2D eigenvalue weighted by Crippen LogP contribution is -1.68. The van der Waals surface area contributed by atoms with Gasteiger partial charge in [0.05, 0.1) is 0 Å². The number of hydrogen-bond donors (Lipinski definition) is 0. The monoisotopic (exact) mass is 156 g/mol. The molecule has 0 aliphatic rings. The van der Waals surface area contributed by atoms with Crippen LogP contribution >= 0.6 is 11.8 Å². The van der Waals surface area contributed by atoms with Gasteiger partial charge in [-0.15, -0.1) is 0 Å². The average Bonchev–Trinajstić information content (AvgIpc) is 2.37. The van der Waals surface area contributed by atoms with E-state index in [9.17, 15) is 4.79 Å². The third-order valence-electron chi connectivity index (χ3n) is 1.00. The van der Waals surface area contributed by atoms with Crippen LogP contribution in [0, 0.1) is 0 Å². The highest BCUT2D eigenvalue weighted by Crippen LogP contribution is 2.19. The summed E-state index contributed by atoms with van der Waals surface area (Å²) in [5.74, 6) is 1.36. The van der Waals surface area contributed by atoms with Gasteiger partial charge in [-0.1, -0.05) is 18.7 Å². The quantitative estimate of drug-likeness (QED) is 0.496. The summed E-state index contributed by atoms with van der Waals surface area (Å²) in [5, 5.41) is 0.810. The lowest BCUT2D eigenvalue weighted by molar-refractivity contribution is 0.109. The predicted molar refractivity (Wildman–Crippen MR) is 40.5 cm³/mol. The average molecular weight is 156 g/mol. The zero-order valence-electron chi connectivity index (χ0n) is 5.66. The summed E-state index contributed by atoms with van der Waals surface area (Å²) in [6.45, 7) is 2.04. The number of aldehydes is 1. The van der Waals surface area contributed by atoms with E-state index in [1.807, 2.05) is 6.92 Å². The minimum Gasteiger partial charge on any atom is -0.447 e. The fraction of sp³-hybridized carbons (Fsp3) is 0.286. The lowest BCUT2D eigenvalue weighted by atomic mass is 10.5. The summed E-state index contributed by atoms with van der Waals surface area (Å²) < 4.78 is 5.07. The summed E-state index contributed by atoms with van der Waals surface area (Å²) >= 11 is 1.59. The van der Waals surface area contributed by atoms with Crippen LogP contribution in [-0.2, 0) is 0 Å². The zero-order valence-corrected chi connectivity index (χ0v) is 6.48. The van der Waals surface area contributed by atoms with Crippen LogP contribution < -0.4 is 0 Å². The van der Waals surface area contributed by atoms with Gasteiger partial charge in [0.2, 0.25) is 0 Å². The molecule has 54 valence electrons. The van der Waals surface area contributed by atoms with Crippen LogP contribution in [0.15, 0.2) is 21.6 Å². The second-order valence-corrected chi connectivity index (χ2v) is 2.98. The van der Waals surface area contributed by atoms with E-state index in [4.69, 9.17) is 4.42 Å². The lowest BCUT2D eigenvalue weighted by Gasteiger charge is -1.87. The molecule has 0 amide bonds. The van der Waals surface area contributed by atoms with Gasteiger partial charge in [-0.3, -0.25) is 4.79 Å². The molecule has 1 aromatic rings. The van der Waals surface area contributed by atoms with Crippen molar-refractivity contribution in [2.75, 3.05) is 5.75 Å². The van der Waals surface area contributed by atoms with E-state index in [-0.39, 0.29) is 0 Å². The molecule has 0 atom stereocenters. The zero-order chi connectivity index (χ0) is 7.40. The van der Waals surface area contributed by atoms with Crippen molar-refractivity contribution in [2.24, 2.45) is 0 Å². The molecule has 0 saturated carbocycles. The van der Waals surface area contributed by atoms with Gasteiger partial charge in [0.15, 0.2) is 17.1 Å². The maximum Gasteiger partial charge on any atom is 0.185 e.